The first-order valence-electron chi connectivity index (χ1n) is 8.19. The topological polar surface area (TPSA) is 95.2 Å². The van der Waals surface area contributed by atoms with Crippen molar-refractivity contribution in [1.29, 1.82) is 0 Å². The largest absolute Gasteiger partial charge is 0.351 e. The maximum Gasteiger partial charge on any atom is 0.237 e. The van der Waals surface area contributed by atoms with Crippen molar-refractivity contribution in [3.8, 4) is 0 Å². The van der Waals surface area contributed by atoms with E-state index in [0.717, 1.165) is 31.6 Å². The number of nitrogens with zero attached hydrogens (tertiary/aromatic N) is 2. The number of carbonyl (C=O) groups excluding carboxylic acids is 1. The van der Waals surface area contributed by atoms with Crippen LogP contribution in [0.25, 0.3) is 0 Å². The lowest BCUT2D eigenvalue weighted by atomic mass is 9.94. The third-order valence-electron chi connectivity index (χ3n) is 4.92. The molecule has 2 fully saturated rings. The molecule has 7 nitrogen and oxygen atoms in total. The molecule has 2 N–H and O–H groups in total. The molecule has 23 heavy (non-hydrogen) atoms. The number of hydrogen-bond acceptors (Lipinski definition) is 5. The van der Waals surface area contributed by atoms with E-state index in [0.29, 0.717) is 12.3 Å². The van der Waals surface area contributed by atoms with Gasteiger partial charge in [-0.15, -0.1) is 0 Å². The number of sulfone groups is 1. The molecule has 0 spiro atoms. The van der Waals surface area contributed by atoms with Crippen molar-refractivity contribution in [3.05, 3.63) is 18.0 Å². The van der Waals surface area contributed by atoms with Crippen LogP contribution in [0.3, 0.4) is 0 Å². The fraction of sp³-hybridized carbons (Fsp3) is 0.733. The molecule has 2 aliphatic rings. The lowest BCUT2D eigenvalue weighted by molar-refractivity contribution is -0.126. The van der Waals surface area contributed by atoms with Crippen molar-refractivity contribution in [2.24, 2.45) is 0 Å². The second-order valence-corrected chi connectivity index (χ2v) is 8.86. The summed E-state index contributed by atoms with van der Waals surface area (Å²) >= 11 is 0. The van der Waals surface area contributed by atoms with Gasteiger partial charge in [0.25, 0.3) is 0 Å². The summed E-state index contributed by atoms with van der Waals surface area (Å²) in [6.07, 6.45) is 4.41. The van der Waals surface area contributed by atoms with Crippen LogP contribution in [0.5, 0.6) is 0 Å². The molecular formula is C15H24N4O3S. The van der Waals surface area contributed by atoms with E-state index >= 15 is 0 Å². The number of rotatable bonds is 4. The molecule has 128 valence electrons. The molecule has 1 aromatic heterocycles. The Bertz CT molecular complexity index is 644. The van der Waals surface area contributed by atoms with E-state index in [1.807, 2.05) is 13.0 Å². The maximum atomic E-state index is 12.4. The Hall–Kier alpha value is -1.41. The zero-order valence-corrected chi connectivity index (χ0v) is 14.2. The third-order valence-corrected chi connectivity index (χ3v) is 6.69. The zero-order valence-electron chi connectivity index (χ0n) is 13.4. The highest BCUT2D eigenvalue weighted by Crippen LogP contribution is 2.26. The first-order chi connectivity index (χ1) is 10.9. The van der Waals surface area contributed by atoms with Gasteiger partial charge in [0.05, 0.1) is 17.5 Å². The normalized spacial score (nSPS) is 29.3. The van der Waals surface area contributed by atoms with Crippen LogP contribution in [0.2, 0.25) is 0 Å². The quantitative estimate of drug-likeness (QED) is 0.821. The van der Waals surface area contributed by atoms with E-state index in [-0.39, 0.29) is 29.5 Å². The van der Waals surface area contributed by atoms with E-state index in [9.17, 15) is 13.2 Å². The van der Waals surface area contributed by atoms with Crippen LogP contribution in [0.15, 0.2) is 12.3 Å². The Kier molecular flexibility index (Phi) is 4.72. The highest BCUT2D eigenvalue weighted by Gasteiger charge is 2.33. The predicted octanol–water partition coefficient (Wildman–Crippen LogP) is 0.281. The summed E-state index contributed by atoms with van der Waals surface area (Å²) in [6.45, 7) is 3.61. The minimum absolute atomic E-state index is 0.0717. The predicted molar refractivity (Wildman–Crippen MR) is 86.8 cm³/mol. The molecule has 2 aliphatic heterocycles. The van der Waals surface area contributed by atoms with Gasteiger partial charge in [-0.3, -0.25) is 14.8 Å². The van der Waals surface area contributed by atoms with E-state index < -0.39 is 9.84 Å². The highest BCUT2D eigenvalue weighted by atomic mass is 32.2. The molecule has 1 amide bonds. The zero-order chi connectivity index (χ0) is 16.4. The minimum atomic E-state index is -2.97. The molecule has 1 aromatic rings. The third kappa shape index (κ3) is 3.92. The van der Waals surface area contributed by atoms with Crippen molar-refractivity contribution in [2.75, 3.05) is 24.6 Å². The van der Waals surface area contributed by atoms with Crippen LogP contribution in [0.1, 0.15) is 37.8 Å². The van der Waals surface area contributed by atoms with Crippen LogP contribution < -0.4 is 5.32 Å². The fourth-order valence-corrected chi connectivity index (χ4v) is 5.18. The number of H-pyrrole nitrogens is 1. The smallest absolute Gasteiger partial charge is 0.237 e. The summed E-state index contributed by atoms with van der Waals surface area (Å²) in [5.41, 5.74) is 1.11. The standard InChI is InChI=1S/C15H24N4O3S/c1-11(15(20)17-13-5-8-23(21,22)10-13)19-7-2-3-12(9-19)14-4-6-16-18-14/h4,6,11-13H,2-3,5,7-10H2,1H3,(H,16,18)(H,17,20)/t11-,12-,13+/m1/s1. The van der Waals surface area contributed by atoms with Crippen LogP contribution in [0.4, 0.5) is 0 Å². The van der Waals surface area contributed by atoms with Crippen molar-refractivity contribution >= 4 is 15.7 Å². The molecule has 8 heteroatoms. The molecule has 0 aromatic carbocycles. The Balaban J connectivity index is 1.56. The van der Waals surface area contributed by atoms with Gasteiger partial charge >= 0.3 is 0 Å². The summed E-state index contributed by atoms with van der Waals surface area (Å²) in [5, 5.41) is 9.93. The Morgan fingerprint density at radius 1 is 1.48 bits per heavy atom. The van der Waals surface area contributed by atoms with E-state index in [1.165, 1.54) is 0 Å². The average Bonchev–Trinajstić information content (AvgIpc) is 3.16. The summed E-state index contributed by atoms with van der Waals surface area (Å²) in [4.78, 5) is 14.6. The second kappa shape index (κ2) is 6.60. The summed E-state index contributed by atoms with van der Waals surface area (Å²) in [6, 6.07) is 1.51. The van der Waals surface area contributed by atoms with Gasteiger partial charge in [0.1, 0.15) is 0 Å². The van der Waals surface area contributed by atoms with Crippen molar-refractivity contribution < 1.29 is 13.2 Å². The first kappa shape index (κ1) is 16.4. The summed E-state index contributed by atoms with van der Waals surface area (Å²) in [7, 11) is -2.97. The van der Waals surface area contributed by atoms with Crippen LogP contribution >= 0.6 is 0 Å². The molecule has 0 radical (unpaired) electrons. The Labute approximate surface area is 136 Å². The average molecular weight is 340 g/mol. The van der Waals surface area contributed by atoms with E-state index in [2.05, 4.69) is 20.4 Å². The molecule has 0 unspecified atom stereocenters. The summed E-state index contributed by atoms with van der Waals surface area (Å²) in [5.74, 6) is 0.547. The van der Waals surface area contributed by atoms with Gasteiger partial charge in [-0.1, -0.05) is 0 Å². The Morgan fingerprint density at radius 2 is 2.30 bits per heavy atom. The van der Waals surface area contributed by atoms with Gasteiger partial charge < -0.3 is 5.32 Å². The number of nitrogens with one attached hydrogen (secondary N) is 2. The summed E-state index contributed by atoms with van der Waals surface area (Å²) < 4.78 is 23.0. The molecule has 3 rings (SSSR count). The molecule has 3 heterocycles. The monoisotopic (exact) mass is 340 g/mol. The lowest BCUT2D eigenvalue weighted by Crippen LogP contribution is -2.51. The van der Waals surface area contributed by atoms with Gasteiger partial charge in [-0.05, 0) is 38.8 Å². The van der Waals surface area contributed by atoms with Crippen molar-refractivity contribution in [1.82, 2.24) is 20.4 Å². The number of aromatic nitrogens is 2. The molecular weight excluding hydrogens is 316 g/mol. The van der Waals surface area contributed by atoms with Crippen molar-refractivity contribution in [2.45, 2.75) is 44.2 Å². The molecule has 0 aliphatic carbocycles. The molecule has 3 atom stereocenters. The van der Waals surface area contributed by atoms with Gasteiger partial charge in [0.2, 0.25) is 5.91 Å². The second-order valence-electron chi connectivity index (χ2n) is 6.63. The number of aromatic amines is 1. The first-order valence-corrected chi connectivity index (χ1v) is 10.0. The van der Waals surface area contributed by atoms with Crippen molar-refractivity contribution in [3.63, 3.8) is 0 Å². The Morgan fingerprint density at radius 3 is 2.96 bits per heavy atom. The van der Waals surface area contributed by atoms with Crippen LogP contribution in [0, 0.1) is 0 Å². The van der Waals surface area contributed by atoms with Gasteiger partial charge in [0.15, 0.2) is 9.84 Å². The van der Waals surface area contributed by atoms with Gasteiger partial charge in [-0.2, -0.15) is 5.10 Å². The minimum Gasteiger partial charge on any atom is -0.351 e. The van der Waals surface area contributed by atoms with Crippen LogP contribution in [-0.2, 0) is 14.6 Å². The fourth-order valence-electron chi connectivity index (χ4n) is 3.50. The van der Waals surface area contributed by atoms with E-state index in [1.54, 1.807) is 6.20 Å². The molecule has 0 saturated carbocycles. The van der Waals surface area contributed by atoms with Gasteiger partial charge in [0, 0.05) is 30.4 Å². The number of carbonyl (C=O) groups is 1. The van der Waals surface area contributed by atoms with E-state index in [4.69, 9.17) is 0 Å². The van der Waals surface area contributed by atoms with Crippen LogP contribution in [-0.4, -0.2) is 66.1 Å². The number of likely N-dealkylation sites (tertiary alicyclic amines) is 1. The maximum absolute atomic E-state index is 12.4. The number of hydrogen-bond donors (Lipinski definition) is 2. The number of amides is 1. The lowest BCUT2D eigenvalue weighted by Gasteiger charge is -2.36. The number of piperidine rings is 1. The van der Waals surface area contributed by atoms with Gasteiger partial charge in [-0.25, -0.2) is 8.42 Å². The SMILES string of the molecule is C[C@H](C(=O)N[C@H]1CCS(=O)(=O)C1)N1CCC[C@@H](c2ccn[nH]2)C1. The molecule has 2 saturated heterocycles. The molecule has 0 bridgehead atoms. The highest BCUT2D eigenvalue weighted by molar-refractivity contribution is 7.91.